The van der Waals surface area contributed by atoms with E-state index in [9.17, 15) is 17.6 Å². The second kappa shape index (κ2) is 5.21. The number of carbonyl (C=O) groups is 1. The van der Waals surface area contributed by atoms with Crippen LogP contribution in [0.4, 0.5) is 4.39 Å². The Kier molecular flexibility index (Phi) is 4.31. The Hall–Kier alpha value is -1.18. The van der Waals surface area contributed by atoms with Crippen molar-refractivity contribution in [1.82, 2.24) is 4.31 Å². The molecule has 5 nitrogen and oxygen atoms in total. The molecule has 0 unspecified atom stereocenters. The lowest BCUT2D eigenvalue weighted by Gasteiger charge is -2.16. The normalized spacial score (nSPS) is 11.8. The molecule has 0 aromatic heterocycles. The van der Waals surface area contributed by atoms with Crippen LogP contribution < -0.4 is 0 Å². The van der Waals surface area contributed by atoms with E-state index < -0.39 is 28.4 Å². The highest BCUT2D eigenvalue weighted by molar-refractivity contribution is 7.88. The molecule has 0 bridgehead atoms. The van der Waals surface area contributed by atoms with Crippen LogP contribution in [-0.4, -0.2) is 37.1 Å². The summed E-state index contributed by atoms with van der Waals surface area (Å²) < 4.78 is 37.1. The number of carboxylic acid groups (broad SMARTS) is 1. The minimum absolute atomic E-state index is 0.253. The summed E-state index contributed by atoms with van der Waals surface area (Å²) in [6, 6.07) is 2.25. The van der Waals surface area contributed by atoms with Gasteiger partial charge >= 0.3 is 5.97 Å². The van der Waals surface area contributed by atoms with E-state index in [0.717, 1.165) is 22.7 Å². The van der Waals surface area contributed by atoms with Gasteiger partial charge in [-0.3, -0.25) is 0 Å². The summed E-state index contributed by atoms with van der Waals surface area (Å²) in [5.74, 6) is -2.27. The Bertz CT molecular complexity index is 588. The number of nitrogens with zero attached hydrogens (tertiary/aromatic N) is 1. The van der Waals surface area contributed by atoms with Crippen LogP contribution in [-0.2, 0) is 16.6 Å². The molecule has 0 amide bonds. The van der Waals surface area contributed by atoms with E-state index in [1.54, 1.807) is 0 Å². The van der Waals surface area contributed by atoms with E-state index in [4.69, 9.17) is 16.7 Å². The third kappa shape index (κ3) is 3.18. The summed E-state index contributed by atoms with van der Waals surface area (Å²) in [5, 5.41) is 8.67. The average molecular weight is 296 g/mol. The lowest BCUT2D eigenvalue weighted by atomic mass is 10.1. The summed E-state index contributed by atoms with van der Waals surface area (Å²) in [6.45, 7) is -0.396. The van der Waals surface area contributed by atoms with Gasteiger partial charge in [-0.15, -0.1) is 0 Å². The van der Waals surface area contributed by atoms with Gasteiger partial charge in [0.1, 0.15) is 5.82 Å². The first-order valence-electron chi connectivity index (χ1n) is 4.76. The fraction of sp³-hybridized carbons (Fsp3) is 0.300. The molecule has 0 saturated carbocycles. The predicted molar refractivity (Wildman–Crippen MR) is 64.7 cm³/mol. The number of aromatic carboxylic acids is 1. The van der Waals surface area contributed by atoms with Gasteiger partial charge in [-0.25, -0.2) is 21.9 Å². The first-order valence-corrected chi connectivity index (χ1v) is 6.98. The molecule has 0 saturated heterocycles. The van der Waals surface area contributed by atoms with Gasteiger partial charge in [0, 0.05) is 19.2 Å². The van der Waals surface area contributed by atoms with E-state index in [1.165, 1.54) is 7.05 Å². The molecule has 18 heavy (non-hydrogen) atoms. The summed E-state index contributed by atoms with van der Waals surface area (Å²) in [4.78, 5) is 10.9. The van der Waals surface area contributed by atoms with Crippen molar-refractivity contribution in [2.45, 2.75) is 6.54 Å². The van der Waals surface area contributed by atoms with Gasteiger partial charge in [0.2, 0.25) is 10.0 Å². The smallest absolute Gasteiger partial charge is 0.336 e. The molecule has 0 atom stereocenters. The molecule has 0 spiro atoms. The first-order chi connectivity index (χ1) is 8.14. The third-order valence-corrected chi connectivity index (χ3v) is 3.93. The quantitative estimate of drug-likeness (QED) is 0.915. The predicted octanol–water partition coefficient (Wildman–Crippen LogP) is 1.57. The first kappa shape index (κ1) is 14.9. The average Bonchev–Trinajstić information content (AvgIpc) is 2.23. The summed E-state index contributed by atoms with van der Waals surface area (Å²) in [6.07, 6.45) is 0.940. The van der Waals surface area contributed by atoms with Crippen LogP contribution in [0.5, 0.6) is 0 Å². The standard InChI is InChI=1S/C10H11ClFNO4S/c1-13(18(2,16)17)5-7-6(10(14)15)3-4-8(11)9(7)12/h3-4H,5H2,1-2H3,(H,14,15). The minimum atomic E-state index is -3.54. The molecule has 1 aromatic rings. The van der Waals surface area contributed by atoms with Crippen molar-refractivity contribution >= 4 is 27.6 Å². The Morgan fingerprint density at radius 3 is 2.50 bits per heavy atom. The highest BCUT2D eigenvalue weighted by atomic mass is 35.5. The van der Waals surface area contributed by atoms with E-state index in [0.29, 0.717) is 0 Å². The van der Waals surface area contributed by atoms with Crippen LogP contribution >= 0.6 is 11.6 Å². The summed E-state index contributed by atoms with van der Waals surface area (Å²) in [5.41, 5.74) is -0.574. The fourth-order valence-electron chi connectivity index (χ4n) is 1.29. The summed E-state index contributed by atoms with van der Waals surface area (Å²) in [7, 11) is -2.32. The molecule has 1 N–H and O–H groups in total. The highest BCUT2D eigenvalue weighted by Crippen LogP contribution is 2.23. The van der Waals surface area contributed by atoms with Crippen molar-refractivity contribution in [3.05, 3.63) is 34.1 Å². The van der Waals surface area contributed by atoms with Crippen molar-refractivity contribution in [3.8, 4) is 0 Å². The highest BCUT2D eigenvalue weighted by Gasteiger charge is 2.21. The lowest BCUT2D eigenvalue weighted by molar-refractivity contribution is 0.0694. The van der Waals surface area contributed by atoms with Crippen LogP contribution in [0, 0.1) is 5.82 Å². The molecule has 0 heterocycles. The Morgan fingerprint density at radius 2 is 2.06 bits per heavy atom. The van der Waals surface area contributed by atoms with Crippen molar-refractivity contribution in [3.63, 3.8) is 0 Å². The lowest BCUT2D eigenvalue weighted by Crippen LogP contribution is -2.26. The zero-order chi connectivity index (χ0) is 14.1. The van der Waals surface area contributed by atoms with Gasteiger partial charge in [-0.2, -0.15) is 0 Å². The van der Waals surface area contributed by atoms with Gasteiger partial charge in [0.15, 0.2) is 0 Å². The zero-order valence-electron chi connectivity index (χ0n) is 9.65. The number of hydrogen-bond donors (Lipinski definition) is 1. The van der Waals surface area contributed by atoms with E-state index in [2.05, 4.69) is 0 Å². The zero-order valence-corrected chi connectivity index (χ0v) is 11.2. The largest absolute Gasteiger partial charge is 0.478 e. The van der Waals surface area contributed by atoms with Gasteiger partial charge in [-0.05, 0) is 12.1 Å². The van der Waals surface area contributed by atoms with E-state index >= 15 is 0 Å². The summed E-state index contributed by atoms with van der Waals surface area (Å²) >= 11 is 5.55. The number of rotatable bonds is 4. The van der Waals surface area contributed by atoms with Crippen molar-refractivity contribution in [1.29, 1.82) is 0 Å². The number of sulfonamides is 1. The third-order valence-electron chi connectivity index (χ3n) is 2.37. The molecule has 0 fully saturated rings. The van der Waals surface area contributed by atoms with E-state index in [-0.39, 0.29) is 16.1 Å². The van der Waals surface area contributed by atoms with Gasteiger partial charge in [0.25, 0.3) is 0 Å². The van der Waals surface area contributed by atoms with Gasteiger partial charge < -0.3 is 5.11 Å². The molecule has 1 rings (SSSR count). The maximum absolute atomic E-state index is 13.8. The monoisotopic (exact) mass is 295 g/mol. The molecular formula is C10H11ClFNO4S. The van der Waals surface area contributed by atoms with Crippen LogP contribution in [0.25, 0.3) is 0 Å². The van der Waals surface area contributed by atoms with Crippen LogP contribution in [0.1, 0.15) is 15.9 Å². The molecule has 8 heteroatoms. The van der Waals surface area contributed by atoms with Crippen LogP contribution in [0.15, 0.2) is 12.1 Å². The number of benzene rings is 1. The molecular weight excluding hydrogens is 285 g/mol. The van der Waals surface area contributed by atoms with Crippen LogP contribution in [0.3, 0.4) is 0 Å². The molecule has 0 aliphatic heterocycles. The van der Waals surface area contributed by atoms with Crippen molar-refractivity contribution in [2.75, 3.05) is 13.3 Å². The second-order valence-electron chi connectivity index (χ2n) is 3.71. The maximum atomic E-state index is 13.8. The Labute approximate surface area is 109 Å². The Balaban J connectivity index is 3.30. The molecule has 0 aliphatic carbocycles. The minimum Gasteiger partial charge on any atom is -0.478 e. The second-order valence-corrected chi connectivity index (χ2v) is 6.21. The van der Waals surface area contributed by atoms with Gasteiger partial charge in [0.05, 0.1) is 16.8 Å². The van der Waals surface area contributed by atoms with Crippen LogP contribution in [0.2, 0.25) is 5.02 Å². The SMILES string of the molecule is CN(Cc1c(C(=O)O)ccc(Cl)c1F)S(C)(=O)=O. The number of hydrogen-bond acceptors (Lipinski definition) is 3. The number of carboxylic acids is 1. The molecule has 0 aliphatic rings. The molecule has 100 valence electrons. The van der Waals surface area contributed by atoms with Crippen molar-refractivity contribution < 1.29 is 22.7 Å². The number of halogens is 2. The van der Waals surface area contributed by atoms with Crippen molar-refractivity contribution in [2.24, 2.45) is 0 Å². The topological polar surface area (TPSA) is 74.7 Å². The van der Waals surface area contributed by atoms with E-state index in [1.807, 2.05) is 0 Å². The molecule has 0 radical (unpaired) electrons. The fourth-order valence-corrected chi connectivity index (χ4v) is 1.83. The Morgan fingerprint density at radius 1 is 1.50 bits per heavy atom. The van der Waals surface area contributed by atoms with Gasteiger partial charge in [-0.1, -0.05) is 11.6 Å². The maximum Gasteiger partial charge on any atom is 0.336 e. The molecule has 1 aromatic carbocycles.